The summed E-state index contributed by atoms with van der Waals surface area (Å²) in [5, 5.41) is 4.75. The first kappa shape index (κ1) is 20.1. The summed E-state index contributed by atoms with van der Waals surface area (Å²) in [5.74, 6) is 0.0110. The molecule has 1 aromatic carbocycles. The zero-order valence-corrected chi connectivity index (χ0v) is 17.6. The largest absolute Gasteiger partial charge is 0.337 e. The molecule has 2 aromatic heterocycles. The van der Waals surface area contributed by atoms with Crippen LogP contribution in [0.25, 0.3) is 16.9 Å². The van der Waals surface area contributed by atoms with Gasteiger partial charge >= 0.3 is 0 Å². The first-order valence-corrected chi connectivity index (χ1v) is 10.1. The van der Waals surface area contributed by atoms with Gasteiger partial charge in [0.05, 0.1) is 11.4 Å². The molecule has 0 saturated heterocycles. The number of hydrogen-bond acceptors (Lipinski definition) is 3. The molecule has 1 amide bonds. The minimum atomic E-state index is -0.118. The van der Waals surface area contributed by atoms with E-state index >= 15 is 0 Å². The highest BCUT2D eigenvalue weighted by Gasteiger charge is 2.24. The van der Waals surface area contributed by atoms with Gasteiger partial charge in [-0.05, 0) is 18.9 Å². The highest BCUT2D eigenvalue weighted by Crippen LogP contribution is 2.25. The van der Waals surface area contributed by atoms with Crippen LogP contribution in [0.4, 0.5) is 0 Å². The topological polar surface area (TPSA) is 50.5 Å². The summed E-state index contributed by atoms with van der Waals surface area (Å²) in [6.07, 6.45) is 1.86. The fraction of sp³-hybridized carbons (Fsp3) is 0.435. The lowest BCUT2D eigenvalue weighted by Gasteiger charge is -2.22. The quantitative estimate of drug-likeness (QED) is 0.609. The Morgan fingerprint density at radius 1 is 1.04 bits per heavy atom. The van der Waals surface area contributed by atoms with Crippen LogP contribution in [-0.2, 0) is 5.41 Å². The second-order valence-corrected chi connectivity index (χ2v) is 8.23. The van der Waals surface area contributed by atoms with Gasteiger partial charge in [0.15, 0.2) is 5.65 Å². The van der Waals surface area contributed by atoms with Crippen molar-refractivity contribution in [2.45, 2.75) is 52.9 Å². The van der Waals surface area contributed by atoms with Crippen LogP contribution in [0.1, 0.15) is 63.6 Å². The predicted molar refractivity (Wildman–Crippen MR) is 114 cm³/mol. The second kappa shape index (κ2) is 8.13. The Morgan fingerprint density at radius 2 is 1.68 bits per heavy atom. The average Bonchev–Trinajstić information content (AvgIpc) is 3.12. The Hall–Kier alpha value is -2.69. The molecule has 0 unspecified atom stereocenters. The van der Waals surface area contributed by atoms with Crippen molar-refractivity contribution in [3.63, 3.8) is 0 Å². The van der Waals surface area contributed by atoms with Crippen LogP contribution in [0.2, 0.25) is 0 Å². The summed E-state index contributed by atoms with van der Waals surface area (Å²) in [6, 6.07) is 13.9. The zero-order chi connectivity index (χ0) is 20.3. The van der Waals surface area contributed by atoms with Gasteiger partial charge in [-0.3, -0.25) is 4.79 Å². The van der Waals surface area contributed by atoms with Gasteiger partial charge in [-0.15, -0.1) is 0 Å². The van der Waals surface area contributed by atoms with E-state index in [4.69, 9.17) is 10.1 Å². The number of carbonyl (C=O) groups is 1. The molecule has 28 heavy (non-hydrogen) atoms. The Bertz CT molecular complexity index is 948. The average molecular weight is 379 g/mol. The molecule has 0 aliphatic heterocycles. The van der Waals surface area contributed by atoms with E-state index in [9.17, 15) is 4.79 Å². The Labute approximate surface area is 167 Å². The molecular weight excluding hydrogens is 348 g/mol. The summed E-state index contributed by atoms with van der Waals surface area (Å²) < 4.78 is 1.72. The van der Waals surface area contributed by atoms with Gasteiger partial charge in [0.1, 0.15) is 5.69 Å². The molecule has 5 nitrogen and oxygen atoms in total. The van der Waals surface area contributed by atoms with E-state index in [-0.39, 0.29) is 11.3 Å². The van der Waals surface area contributed by atoms with E-state index in [2.05, 4.69) is 34.6 Å². The predicted octanol–water partition coefficient (Wildman–Crippen LogP) is 4.96. The SMILES string of the molecule is CCCN(CCC)C(=O)c1cc(-c2ccccc2)nc2cc(C(C)(C)C)nn12. The van der Waals surface area contributed by atoms with Crippen LogP contribution in [0, 0.1) is 0 Å². The third-order valence-corrected chi connectivity index (χ3v) is 4.76. The van der Waals surface area contributed by atoms with Crippen LogP contribution in [0.3, 0.4) is 0 Å². The maximum atomic E-state index is 13.4. The van der Waals surface area contributed by atoms with E-state index in [1.165, 1.54) is 0 Å². The molecule has 0 bridgehead atoms. The lowest BCUT2D eigenvalue weighted by atomic mass is 9.93. The minimum absolute atomic E-state index is 0.0110. The molecule has 0 aliphatic rings. The van der Waals surface area contributed by atoms with Crippen molar-refractivity contribution >= 4 is 11.6 Å². The molecule has 0 atom stereocenters. The molecule has 5 heteroatoms. The maximum Gasteiger partial charge on any atom is 0.272 e. The van der Waals surface area contributed by atoms with Gasteiger partial charge < -0.3 is 4.90 Å². The number of hydrogen-bond donors (Lipinski definition) is 0. The molecule has 3 rings (SSSR count). The molecule has 0 saturated carbocycles. The van der Waals surface area contributed by atoms with Crippen LogP contribution >= 0.6 is 0 Å². The van der Waals surface area contributed by atoms with Gasteiger partial charge in [-0.25, -0.2) is 9.50 Å². The molecule has 0 aliphatic carbocycles. The normalized spacial score (nSPS) is 11.8. The Kier molecular flexibility index (Phi) is 5.82. The first-order valence-electron chi connectivity index (χ1n) is 10.1. The number of carbonyl (C=O) groups excluding carboxylic acids is 1. The maximum absolute atomic E-state index is 13.4. The summed E-state index contributed by atoms with van der Waals surface area (Å²) in [7, 11) is 0. The van der Waals surface area contributed by atoms with E-state index < -0.39 is 0 Å². The fourth-order valence-corrected chi connectivity index (χ4v) is 3.27. The van der Waals surface area contributed by atoms with Gasteiger partial charge in [-0.1, -0.05) is 65.0 Å². The number of benzene rings is 1. The van der Waals surface area contributed by atoms with Crippen molar-refractivity contribution in [2.24, 2.45) is 0 Å². The fourth-order valence-electron chi connectivity index (χ4n) is 3.27. The molecule has 148 valence electrons. The molecule has 2 heterocycles. The summed E-state index contributed by atoms with van der Waals surface area (Å²) in [5.41, 5.74) is 3.88. The Morgan fingerprint density at radius 3 is 2.25 bits per heavy atom. The summed E-state index contributed by atoms with van der Waals surface area (Å²) in [6.45, 7) is 12.0. The lowest BCUT2D eigenvalue weighted by molar-refractivity contribution is 0.0746. The van der Waals surface area contributed by atoms with Crippen molar-refractivity contribution in [2.75, 3.05) is 13.1 Å². The van der Waals surface area contributed by atoms with Crippen LogP contribution in [-0.4, -0.2) is 38.5 Å². The van der Waals surface area contributed by atoms with Crippen LogP contribution < -0.4 is 0 Å². The first-order chi connectivity index (χ1) is 13.3. The van der Waals surface area contributed by atoms with Crippen molar-refractivity contribution in [1.29, 1.82) is 0 Å². The highest BCUT2D eigenvalue weighted by atomic mass is 16.2. The third kappa shape index (κ3) is 4.08. The minimum Gasteiger partial charge on any atom is -0.337 e. The van der Waals surface area contributed by atoms with Gasteiger partial charge in [-0.2, -0.15) is 5.10 Å². The zero-order valence-electron chi connectivity index (χ0n) is 17.6. The Balaban J connectivity index is 2.20. The van der Waals surface area contributed by atoms with Crippen molar-refractivity contribution in [3.8, 4) is 11.3 Å². The second-order valence-electron chi connectivity index (χ2n) is 8.23. The summed E-state index contributed by atoms with van der Waals surface area (Å²) in [4.78, 5) is 20.1. The highest BCUT2D eigenvalue weighted by molar-refractivity contribution is 5.94. The monoisotopic (exact) mass is 378 g/mol. The van der Waals surface area contributed by atoms with E-state index in [1.807, 2.05) is 47.4 Å². The van der Waals surface area contributed by atoms with Crippen LogP contribution in [0.15, 0.2) is 42.5 Å². The van der Waals surface area contributed by atoms with Gasteiger partial charge in [0.2, 0.25) is 0 Å². The lowest BCUT2D eigenvalue weighted by Crippen LogP contribution is -2.34. The number of amides is 1. The summed E-state index contributed by atoms with van der Waals surface area (Å²) >= 11 is 0. The van der Waals surface area contributed by atoms with Gasteiger partial charge in [0, 0.05) is 30.1 Å². The molecule has 0 N–H and O–H groups in total. The number of aromatic nitrogens is 3. The van der Waals surface area contributed by atoms with E-state index in [1.54, 1.807) is 4.52 Å². The number of rotatable bonds is 6. The molecule has 0 spiro atoms. The van der Waals surface area contributed by atoms with Crippen LogP contribution in [0.5, 0.6) is 0 Å². The number of fused-ring (bicyclic) bond motifs is 1. The number of nitrogens with zero attached hydrogens (tertiary/aromatic N) is 4. The molecule has 0 fully saturated rings. The molecule has 0 radical (unpaired) electrons. The van der Waals surface area contributed by atoms with Gasteiger partial charge in [0.25, 0.3) is 5.91 Å². The van der Waals surface area contributed by atoms with Crippen molar-refractivity contribution in [3.05, 3.63) is 53.9 Å². The molecule has 3 aromatic rings. The molecular formula is C23H30N4O. The van der Waals surface area contributed by atoms with E-state index in [0.717, 1.165) is 42.9 Å². The third-order valence-electron chi connectivity index (χ3n) is 4.76. The van der Waals surface area contributed by atoms with Crippen molar-refractivity contribution in [1.82, 2.24) is 19.5 Å². The van der Waals surface area contributed by atoms with E-state index in [0.29, 0.717) is 11.3 Å². The standard InChI is InChI=1S/C23H30N4O/c1-6-13-26(14-7-2)22(28)19-15-18(17-11-9-8-10-12-17)24-21-16-20(23(3,4)5)25-27(19)21/h8-12,15-16H,6-7,13-14H2,1-5H3. The smallest absolute Gasteiger partial charge is 0.272 e. The van der Waals surface area contributed by atoms with Crippen molar-refractivity contribution < 1.29 is 4.79 Å².